The van der Waals surface area contributed by atoms with Crippen LogP contribution in [0.15, 0.2) is 29.2 Å². The summed E-state index contributed by atoms with van der Waals surface area (Å²) >= 11 is 0. The molecule has 1 saturated heterocycles. The van der Waals surface area contributed by atoms with Gasteiger partial charge in [0.25, 0.3) is 0 Å². The van der Waals surface area contributed by atoms with E-state index in [1.807, 2.05) is 12.1 Å². The van der Waals surface area contributed by atoms with E-state index in [4.69, 9.17) is 0 Å². The maximum atomic E-state index is 11.4. The molecule has 0 amide bonds. The van der Waals surface area contributed by atoms with Gasteiger partial charge in [-0.15, -0.1) is 0 Å². The Morgan fingerprint density at radius 3 is 2.43 bits per heavy atom. The van der Waals surface area contributed by atoms with E-state index in [-0.39, 0.29) is 6.10 Å². The van der Waals surface area contributed by atoms with E-state index in [9.17, 15) is 13.5 Å². The molecule has 2 rings (SSSR count). The number of rotatable bonds is 6. The molecule has 1 fully saturated rings. The number of aliphatic hydroxyl groups is 1. The molecule has 0 aromatic heterocycles. The highest BCUT2D eigenvalue weighted by Crippen LogP contribution is 2.20. The third-order valence-electron chi connectivity index (χ3n) is 4.24. The average molecular weight is 311 g/mol. The summed E-state index contributed by atoms with van der Waals surface area (Å²) in [6.07, 6.45) is 5.77. The minimum absolute atomic E-state index is 0.206. The Morgan fingerprint density at radius 2 is 1.86 bits per heavy atom. The molecule has 0 bridgehead atoms. The molecular formula is C16H25NO3S. The van der Waals surface area contributed by atoms with Crippen LogP contribution in [0.3, 0.4) is 0 Å². The number of aliphatic hydroxyl groups excluding tert-OH is 1. The van der Waals surface area contributed by atoms with Crippen molar-refractivity contribution in [3.05, 3.63) is 29.8 Å². The van der Waals surface area contributed by atoms with E-state index in [1.54, 1.807) is 12.1 Å². The number of nitrogens with one attached hydrogen (secondary N) is 1. The number of aryl methyl sites for hydroxylation is 1. The van der Waals surface area contributed by atoms with Crippen molar-refractivity contribution in [1.82, 2.24) is 5.32 Å². The highest BCUT2D eigenvalue weighted by Gasteiger charge is 2.20. The lowest BCUT2D eigenvalue weighted by atomic mass is 9.89. The van der Waals surface area contributed by atoms with Gasteiger partial charge in [0.05, 0.1) is 11.0 Å². The first kappa shape index (κ1) is 16.5. The van der Waals surface area contributed by atoms with Gasteiger partial charge < -0.3 is 10.4 Å². The first-order valence-electron chi connectivity index (χ1n) is 7.64. The van der Waals surface area contributed by atoms with E-state index in [0.29, 0.717) is 10.8 Å². The second-order valence-corrected chi connectivity index (χ2v) is 7.98. The van der Waals surface area contributed by atoms with Crippen LogP contribution >= 0.6 is 0 Å². The van der Waals surface area contributed by atoms with Crippen LogP contribution < -0.4 is 5.32 Å². The maximum Gasteiger partial charge on any atom is 0.175 e. The second kappa shape index (κ2) is 7.38. The minimum atomic E-state index is -3.11. The molecule has 0 spiro atoms. The molecule has 1 heterocycles. The van der Waals surface area contributed by atoms with Gasteiger partial charge in [-0.2, -0.15) is 0 Å². The monoisotopic (exact) mass is 311 g/mol. The summed E-state index contributed by atoms with van der Waals surface area (Å²) in [6, 6.07) is 7.06. The predicted octanol–water partition coefficient (Wildman–Crippen LogP) is 1.77. The summed E-state index contributed by atoms with van der Waals surface area (Å²) < 4.78 is 22.8. The predicted molar refractivity (Wildman–Crippen MR) is 84.1 cm³/mol. The first-order chi connectivity index (χ1) is 9.97. The van der Waals surface area contributed by atoms with Crippen LogP contribution in [0.5, 0.6) is 0 Å². The minimum Gasteiger partial charge on any atom is -0.393 e. The zero-order chi connectivity index (χ0) is 15.3. The smallest absolute Gasteiger partial charge is 0.175 e. The van der Waals surface area contributed by atoms with Crippen molar-refractivity contribution >= 4 is 9.84 Å². The Balaban J connectivity index is 1.78. The fraction of sp³-hybridized carbons (Fsp3) is 0.625. The Morgan fingerprint density at radius 1 is 1.24 bits per heavy atom. The fourth-order valence-corrected chi connectivity index (χ4v) is 3.51. The summed E-state index contributed by atoms with van der Waals surface area (Å²) in [6.45, 7) is 2.02. The molecule has 0 aliphatic carbocycles. The van der Waals surface area contributed by atoms with Gasteiger partial charge in [-0.1, -0.05) is 12.1 Å². The van der Waals surface area contributed by atoms with Crippen LogP contribution in [0.25, 0.3) is 0 Å². The third kappa shape index (κ3) is 5.09. The van der Waals surface area contributed by atoms with Crippen molar-refractivity contribution < 1.29 is 13.5 Å². The number of piperidine rings is 1. The molecule has 1 aliphatic rings. The molecule has 1 atom stereocenters. The summed E-state index contributed by atoms with van der Waals surface area (Å²) in [5.74, 6) is 0.430. The summed E-state index contributed by atoms with van der Waals surface area (Å²) in [5, 5.41) is 13.5. The van der Waals surface area contributed by atoms with Gasteiger partial charge in [-0.05, 0) is 68.8 Å². The lowest BCUT2D eigenvalue weighted by molar-refractivity contribution is 0.0793. The van der Waals surface area contributed by atoms with E-state index in [0.717, 1.165) is 50.8 Å². The summed E-state index contributed by atoms with van der Waals surface area (Å²) in [4.78, 5) is 0.362. The van der Waals surface area contributed by atoms with Crippen LogP contribution in [-0.4, -0.2) is 39.0 Å². The summed E-state index contributed by atoms with van der Waals surface area (Å²) in [5.41, 5.74) is 1.12. The molecule has 1 aliphatic heterocycles. The normalized spacial score (nSPS) is 18.6. The number of benzene rings is 1. The first-order valence-corrected chi connectivity index (χ1v) is 9.54. The van der Waals surface area contributed by atoms with Crippen LogP contribution in [0, 0.1) is 5.92 Å². The Bertz CT molecular complexity index is 533. The average Bonchev–Trinajstić information content (AvgIpc) is 2.47. The molecule has 1 unspecified atom stereocenters. The molecule has 5 heteroatoms. The van der Waals surface area contributed by atoms with Crippen molar-refractivity contribution in [3.63, 3.8) is 0 Å². The van der Waals surface area contributed by atoms with Crippen LogP contribution in [-0.2, 0) is 16.3 Å². The number of sulfone groups is 1. The van der Waals surface area contributed by atoms with E-state index in [2.05, 4.69) is 5.32 Å². The lowest BCUT2D eigenvalue weighted by Crippen LogP contribution is -2.34. The van der Waals surface area contributed by atoms with Gasteiger partial charge >= 0.3 is 0 Å². The molecule has 4 nitrogen and oxygen atoms in total. The zero-order valence-corrected chi connectivity index (χ0v) is 13.4. The maximum absolute atomic E-state index is 11.4. The Labute approximate surface area is 127 Å². The number of hydrogen-bond acceptors (Lipinski definition) is 4. The largest absolute Gasteiger partial charge is 0.393 e. The summed E-state index contributed by atoms with van der Waals surface area (Å²) in [7, 11) is -3.11. The molecule has 2 N–H and O–H groups in total. The molecule has 21 heavy (non-hydrogen) atoms. The molecule has 1 aromatic rings. The Hall–Kier alpha value is -0.910. The van der Waals surface area contributed by atoms with Gasteiger partial charge in [0.1, 0.15) is 0 Å². The van der Waals surface area contributed by atoms with Crippen LogP contribution in [0.2, 0.25) is 0 Å². The SMILES string of the molecule is CS(=O)(=O)c1ccc(CCCC(O)C2CCNCC2)cc1. The van der Waals surface area contributed by atoms with Crippen LogP contribution in [0.4, 0.5) is 0 Å². The van der Waals surface area contributed by atoms with Gasteiger partial charge in [-0.3, -0.25) is 0 Å². The van der Waals surface area contributed by atoms with Crippen LogP contribution in [0.1, 0.15) is 31.2 Å². The van der Waals surface area contributed by atoms with Gasteiger partial charge in [0, 0.05) is 6.26 Å². The van der Waals surface area contributed by atoms with Gasteiger partial charge in [-0.25, -0.2) is 8.42 Å². The van der Waals surface area contributed by atoms with Crippen molar-refractivity contribution in [1.29, 1.82) is 0 Å². The van der Waals surface area contributed by atoms with E-state index >= 15 is 0 Å². The van der Waals surface area contributed by atoms with Crippen molar-refractivity contribution in [2.45, 2.75) is 43.1 Å². The van der Waals surface area contributed by atoms with Crippen molar-refractivity contribution in [2.75, 3.05) is 19.3 Å². The Kier molecular flexibility index (Phi) is 5.79. The quantitative estimate of drug-likeness (QED) is 0.840. The van der Waals surface area contributed by atoms with E-state index < -0.39 is 9.84 Å². The van der Waals surface area contributed by atoms with Crippen molar-refractivity contribution in [3.8, 4) is 0 Å². The molecule has 118 valence electrons. The standard InChI is InChI=1S/C16H25NO3S/c1-21(19,20)15-7-5-13(6-8-15)3-2-4-16(18)14-9-11-17-12-10-14/h5-8,14,16-18H,2-4,9-12H2,1H3. The fourth-order valence-electron chi connectivity index (χ4n) is 2.88. The topological polar surface area (TPSA) is 66.4 Å². The number of hydrogen-bond donors (Lipinski definition) is 2. The second-order valence-electron chi connectivity index (χ2n) is 5.96. The zero-order valence-electron chi connectivity index (χ0n) is 12.6. The molecule has 0 saturated carbocycles. The molecule has 0 radical (unpaired) electrons. The highest BCUT2D eigenvalue weighted by atomic mass is 32.2. The molecular weight excluding hydrogens is 286 g/mol. The van der Waals surface area contributed by atoms with E-state index in [1.165, 1.54) is 6.26 Å². The van der Waals surface area contributed by atoms with Crippen molar-refractivity contribution in [2.24, 2.45) is 5.92 Å². The third-order valence-corrected chi connectivity index (χ3v) is 5.37. The lowest BCUT2D eigenvalue weighted by Gasteiger charge is -2.27. The van der Waals surface area contributed by atoms with Gasteiger partial charge in [0.15, 0.2) is 9.84 Å². The van der Waals surface area contributed by atoms with Gasteiger partial charge in [0.2, 0.25) is 0 Å². The molecule has 1 aromatic carbocycles. The highest BCUT2D eigenvalue weighted by molar-refractivity contribution is 7.90.